The van der Waals surface area contributed by atoms with E-state index in [0.29, 0.717) is 18.8 Å². The lowest BCUT2D eigenvalue weighted by molar-refractivity contribution is -0.129. The minimum Gasteiger partial charge on any atom is -0.339 e. The third-order valence-electron chi connectivity index (χ3n) is 4.40. The van der Waals surface area contributed by atoms with Gasteiger partial charge >= 0.3 is 0 Å². The number of sulfonamides is 1. The monoisotopic (exact) mass is 479 g/mol. The summed E-state index contributed by atoms with van der Waals surface area (Å²) in [5, 5.41) is 9.18. The van der Waals surface area contributed by atoms with Crippen LogP contribution in [0.3, 0.4) is 0 Å². The van der Waals surface area contributed by atoms with Crippen molar-refractivity contribution in [2.45, 2.75) is 9.79 Å². The number of hydrogen-bond acceptors (Lipinski definition) is 5. The molecule has 1 aliphatic rings. The molecule has 0 unspecified atom stereocenters. The summed E-state index contributed by atoms with van der Waals surface area (Å²) in [6, 6.07) is 15.8. The van der Waals surface area contributed by atoms with Crippen LogP contribution >= 0.6 is 27.7 Å². The molecule has 0 saturated carbocycles. The lowest BCUT2D eigenvalue weighted by Gasteiger charge is -2.34. The standard InChI is InChI=1S/C19H18BrN3O3S2/c20-16-6-2-3-7-17(16)27-14-19(24)22-9-11-23(12-10-22)28(25,26)18-8-4-1-5-15(18)13-21/h1-8H,9-12,14H2. The SMILES string of the molecule is N#Cc1ccccc1S(=O)(=O)N1CCN(C(=O)CSc2ccccc2Br)CC1. The fraction of sp³-hybridized carbons (Fsp3) is 0.263. The minimum absolute atomic E-state index is 0.0155. The first kappa shape index (κ1) is 20.9. The molecule has 0 aromatic heterocycles. The van der Waals surface area contributed by atoms with Gasteiger partial charge < -0.3 is 4.90 Å². The van der Waals surface area contributed by atoms with Crippen LogP contribution in [0.15, 0.2) is 62.8 Å². The number of nitrogens with zero attached hydrogens (tertiary/aromatic N) is 3. The summed E-state index contributed by atoms with van der Waals surface area (Å²) in [6.45, 7) is 1.10. The maximum Gasteiger partial charge on any atom is 0.244 e. The number of piperazine rings is 1. The smallest absolute Gasteiger partial charge is 0.244 e. The minimum atomic E-state index is -3.75. The van der Waals surface area contributed by atoms with Crippen LogP contribution in [0.5, 0.6) is 0 Å². The van der Waals surface area contributed by atoms with Gasteiger partial charge in [-0.2, -0.15) is 9.57 Å². The van der Waals surface area contributed by atoms with Crippen LogP contribution in [0.1, 0.15) is 5.56 Å². The number of nitriles is 1. The number of amides is 1. The summed E-state index contributed by atoms with van der Waals surface area (Å²) in [5.41, 5.74) is 0.130. The molecule has 146 valence electrons. The first-order valence-corrected chi connectivity index (χ1v) is 11.8. The zero-order chi connectivity index (χ0) is 20.1. The molecule has 3 rings (SSSR count). The van der Waals surface area contributed by atoms with Crippen LogP contribution < -0.4 is 0 Å². The molecule has 0 radical (unpaired) electrons. The van der Waals surface area contributed by atoms with Crippen molar-refractivity contribution in [1.29, 1.82) is 5.26 Å². The topological polar surface area (TPSA) is 81.5 Å². The van der Waals surface area contributed by atoms with Crippen LogP contribution in [0.25, 0.3) is 0 Å². The Balaban J connectivity index is 1.60. The molecular formula is C19H18BrN3O3S2. The number of benzene rings is 2. The van der Waals surface area contributed by atoms with E-state index in [1.807, 2.05) is 30.3 Å². The number of hydrogen-bond donors (Lipinski definition) is 0. The summed E-state index contributed by atoms with van der Waals surface area (Å²) in [7, 11) is -3.75. The zero-order valence-corrected chi connectivity index (χ0v) is 18.1. The average Bonchev–Trinajstić information content (AvgIpc) is 2.73. The van der Waals surface area contributed by atoms with Crippen molar-refractivity contribution in [3.8, 4) is 6.07 Å². The second-order valence-corrected chi connectivity index (χ2v) is 9.89. The largest absolute Gasteiger partial charge is 0.339 e. The molecule has 1 heterocycles. The maximum atomic E-state index is 12.9. The van der Waals surface area contributed by atoms with E-state index < -0.39 is 10.0 Å². The van der Waals surface area contributed by atoms with E-state index in [9.17, 15) is 18.5 Å². The first-order chi connectivity index (χ1) is 13.4. The Hall–Kier alpha value is -1.86. The van der Waals surface area contributed by atoms with Gasteiger partial charge in [0.2, 0.25) is 15.9 Å². The lowest BCUT2D eigenvalue weighted by Crippen LogP contribution is -2.51. The molecule has 9 heteroatoms. The normalized spacial score (nSPS) is 15.2. The van der Waals surface area contributed by atoms with Gasteiger partial charge in [-0.15, -0.1) is 11.8 Å². The highest BCUT2D eigenvalue weighted by Crippen LogP contribution is 2.27. The molecular weight excluding hydrogens is 462 g/mol. The van der Waals surface area contributed by atoms with Gasteiger partial charge in [0.25, 0.3) is 0 Å². The molecule has 28 heavy (non-hydrogen) atoms. The maximum absolute atomic E-state index is 12.9. The van der Waals surface area contributed by atoms with Gasteiger partial charge in [-0.05, 0) is 40.2 Å². The molecule has 0 spiro atoms. The molecule has 1 fully saturated rings. The molecule has 0 aliphatic carbocycles. The highest BCUT2D eigenvalue weighted by Gasteiger charge is 2.31. The van der Waals surface area contributed by atoms with Crippen LogP contribution in [-0.2, 0) is 14.8 Å². The van der Waals surface area contributed by atoms with Crippen molar-refractivity contribution in [2.75, 3.05) is 31.9 Å². The molecule has 1 saturated heterocycles. The summed E-state index contributed by atoms with van der Waals surface area (Å²) < 4.78 is 28.0. The molecule has 6 nitrogen and oxygen atoms in total. The molecule has 0 bridgehead atoms. The van der Waals surface area contributed by atoms with E-state index in [4.69, 9.17) is 0 Å². The lowest BCUT2D eigenvalue weighted by atomic mass is 10.2. The van der Waals surface area contributed by atoms with Gasteiger partial charge in [0.1, 0.15) is 6.07 Å². The second-order valence-electron chi connectivity index (χ2n) is 6.11. The van der Waals surface area contributed by atoms with Crippen LogP contribution in [0.4, 0.5) is 0 Å². The van der Waals surface area contributed by atoms with E-state index >= 15 is 0 Å². The van der Waals surface area contributed by atoms with E-state index in [2.05, 4.69) is 15.9 Å². The number of carbonyl (C=O) groups is 1. The Morgan fingerprint density at radius 3 is 2.39 bits per heavy atom. The Labute approximate surface area is 177 Å². The Bertz CT molecular complexity index is 1010. The van der Waals surface area contributed by atoms with Crippen molar-refractivity contribution in [3.63, 3.8) is 0 Å². The Kier molecular flexibility index (Phi) is 6.78. The van der Waals surface area contributed by atoms with Crippen LogP contribution in [-0.4, -0.2) is 55.5 Å². The third kappa shape index (κ3) is 4.58. The van der Waals surface area contributed by atoms with Gasteiger partial charge in [0.05, 0.1) is 16.2 Å². The highest BCUT2D eigenvalue weighted by molar-refractivity contribution is 9.10. The van der Waals surface area contributed by atoms with Crippen molar-refractivity contribution in [1.82, 2.24) is 9.21 Å². The van der Waals surface area contributed by atoms with Gasteiger partial charge in [0.15, 0.2) is 0 Å². The van der Waals surface area contributed by atoms with Gasteiger partial charge in [-0.3, -0.25) is 4.79 Å². The number of rotatable bonds is 5. The molecule has 0 N–H and O–H groups in total. The quantitative estimate of drug-likeness (QED) is 0.615. The summed E-state index contributed by atoms with van der Waals surface area (Å²) >= 11 is 4.91. The van der Waals surface area contributed by atoms with E-state index in [1.54, 1.807) is 17.0 Å². The van der Waals surface area contributed by atoms with Crippen LogP contribution in [0.2, 0.25) is 0 Å². The molecule has 2 aromatic rings. The predicted molar refractivity (Wildman–Crippen MR) is 111 cm³/mol. The van der Waals surface area contributed by atoms with Crippen molar-refractivity contribution >= 4 is 43.6 Å². The molecule has 1 amide bonds. The Morgan fingerprint density at radius 1 is 1.07 bits per heavy atom. The highest BCUT2D eigenvalue weighted by atomic mass is 79.9. The first-order valence-electron chi connectivity index (χ1n) is 8.58. The zero-order valence-electron chi connectivity index (χ0n) is 14.9. The van der Waals surface area contributed by atoms with Gasteiger partial charge in [-0.25, -0.2) is 8.42 Å². The second kappa shape index (κ2) is 9.09. The fourth-order valence-electron chi connectivity index (χ4n) is 2.89. The Morgan fingerprint density at radius 2 is 1.71 bits per heavy atom. The summed E-state index contributed by atoms with van der Waals surface area (Å²) in [6.07, 6.45) is 0. The van der Waals surface area contributed by atoms with E-state index in [1.165, 1.54) is 28.2 Å². The third-order valence-corrected chi connectivity index (χ3v) is 8.37. The van der Waals surface area contributed by atoms with Crippen molar-refractivity contribution < 1.29 is 13.2 Å². The molecule has 1 aliphatic heterocycles. The van der Waals surface area contributed by atoms with Gasteiger partial charge in [0, 0.05) is 35.5 Å². The number of carbonyl (C=O) groups excluding carboxylic acids is 1. The molecule has 0 atom stereocenters. The van der Waals surface area contributed by atoms with Crippen molar-refractivity contribution in [3.05, 3.63) is 58.6 Å². The summed E-state index contributed by atoms with van der Waals surface area (Å²) in [5.74, 6) is 0.280. The van der Waals surface area contributed by atoms with E-state index in [-0.39, 0.29) is 29.5 Å². The molecule has 2 aromatic carbocycles. The van der Waals surface area contributed by atoms with E-state index in [0.717, 1.165) is 9.37 Å². The number of halogens is 1. The predicted octanol–water partition coefficient (Wildman–Crippen LogP) is 2.95. The summed E-state index contributed by atoms with van der Waals surface area (Å²) in [4.78, 5) is 15.2. The fourth-order valence-corrected chi connectivity index (χ4v) is 5.93. The van der Waals surface area contributed by atoms with Crippen LogP contribution in [0, 0.1) is 11.3 Å². The number of thioether (sulfide) groups is 1. The van der Waals surface area contributed by atoms with Gasteiger partial charge in [-0.1, -0.05) is 24.3 Å². The van der Waals surface area contributed by atoms with Crippen molar-refractivity contribution in [2.24, 2.45) is 0 Å². The average molecular weight is 480 g/mol.